The normalized spacial score (nSPS) is 11.3. The number of aliphatic carboxylic acids is 1. The Morgan fingerprint density at radius 2 is 1.92 bits per heavy atom. The molecule has 0 aromatic heterocycles. The Morgan fingerprint density at radius 3 is 2.52 bits per heavy atom. The Hall–Kier alpha value is -2.32. The minimum Gasteiger partial charge on any atom is -0.505 e. The second kappa shape index (κ2) is 7.28. The van der Waals surface area contributed by atoms with Crippen LogP contribution < -0.4 is 4.72 Å². The average molecular weight is 388 g/mol. The molecule has 2 aromatic carbocycles. The number of benzene rings is 2. The highest BCUT2D eigenvalue weighted by molar-refractivity contribution is 7.92. The Balaban J connectivity index is 2.42. The van der Waals surface area contributed by atoms with Gasteiger partial charge in [-0.1, -0.05) is 11.6 Å². The first-order valence-electron chi connectivity index (χ1n) is 7.11. The largest absolute Gasteiger partial charge is 0.505 e. The Labute approximate surface area is 148 Å². The van der Waals surface area contributed by atoms with E-state index in [1.165, 1.54) is 18.2 Å². The van der Waals surface area contributed by atoms with Crippen LogP contribution in [0.5, 0.6) is 5.75 Å². The predicted molar refractivity (Wildman–Crippen MR) is 91.0 cm³/mol. The molecule has 0 saturated carbocycles. The number of carboxylic acid groups (broad SMARTS) is 1. The summed E-state index contributed by atoms with van der Waals surface area (Å²) in [6.07, 6.45) is -0.186. The van der Waals surface area contributed by atoms with Gasteiger partial charge in [0.05, 0.1) is 10.7 Å². The van der Waals surface area contributed by atoms with Crippen LogP contribution in [0.15, 0.2) is 35.2 Å². The van der Waals surface area contributed by atoms with E-state index in [0.717, 1.165) is 12.1 Å². The standard InChI is InChI=1S/C16H15ClFNO5S/c1-9-4-11(18)8-12(5-9)19-25(23,24)14-7-10(2-3-15(20)21)6-13(17)16(14)22/h4-8,19,22H,2-3H2,1H3,(H,20,21). The number of anilines is 1. The summed E-state index contributed by atoms with van der Waals surface area (Å²) in [6, 6.07) is 6.09. The number of aryl methyl sites for hydroxylation is 2. The van der Waals surface area contributed by atoms with E-state index in [4.69, 9.17) is 16.7 Å². The van der Waals surface area contributed by atoms with E-state index in [0.29, 0.717) is 11.1 Å². The van der Waals surface area contributed by atoms with Crippen molar-refractivity contribution in [1.29, 1.82) is 0 Å². The van der Waals surface area contributed by atoms with Crippen molar-refractivity contribution >= 4 is 33.3 Å². The van der Waals surface area contributed by atoms with Gasteiger partial charge in [-0.3, -0.25) is 9.52 Å². The molecule has 0 amide bonds. The van der Waals surface area contributed by atoms with Crippen molar-refractivity contribution in [2.24, 2.45) is 0 Å². The summed E-state index contributed by atoms with van der Waals surface area (Å²) in [5.41, 5.74) is 0.833. The van der Waals surface area contributed by atoms with E-state index in [1.807, 2.05) is 0 Å². The molecular weight excluding hydrogens is 373 g/mol. The van der Waals surface area contributed by atoms with Gasteiger partial charge in [-0.15, -0.1) is 0 Å². The number of hydrogen-bond donors (Lipinski definition) is 3. The predicted octanol–water partition coefficient (Wildman–Crippen LogP) is 3.31. The van der Waals surface area contributed by atoms with Crippen molar-refractivity contribution in [3.05, 3.63) is 52.3 Å². The summed E-state index contributed by atoms with van der Waals surface area (Å²) in [6.45, 7) is 1.60. The molecule has 0 atom stereocenters. The van der Waals surface area contributed by atoms with Gasteiger partial charge in [0.25, 0.3) is 10.0 Å². The molecule has 0 aliphatic heterocycles. The molecule has 0 fully saturated rings. The van der Waals surface area contributed by atoms with Crippen molar-refractivity contribution in [3.63, 3.8) is 0 Å². The van der Waals surface area contributed by atoms with Crippen molar-refractivity contribution in [2.75, 3.05) is 4.72 Å². The van der Waals surface area contributed by atoms with Crippen LogP contribution in [0.2, 0.25) is 5.02 Å². The van der Waals surface area contributed by atoms with Crippen LogP contribution in [-0.4, -0.2) is 24.6 Å². The van der Waals surface area contributed by atoms with Gasteiger partial charge >= 0.3 is 5.97 Å². The minimum absolute atomic E-state index is 0.0102. The fourth-order valence-electron chi connectivity index (χ4n) is 2.23. The molecule has 0 unspecified atom stereocenters. The smallest absolute Gasteiger partial charge is 0.303 e. The van der Waals surface area contributed by atoms with Gasteiger partial charge in [0.15, 0.2) is 5.75 Å². The van der Waals surface area contributed by atoms with E-state index in [2.05, 4.69) is 4.72 Å². The van der Waals surface area contributed by atoms with Crippen LogP contribution in [0, 0.1) is 12.7 Å². The lowest BCUT2D eigenvalue weighted by atomic mass is 10.1. The second-order valence-electron chi connectivity index (χ2n) is 5.44. The number of sulfonamides is 1. The number of nitrogens with one attached hydrogen (secondary N) is 1. The van der Waals surface area contributed by atoms with Crippen LogP contribution in [0.3, 0.4) is 0 Å². The number of halogens is 2. The molecule has 6 nitrogen and oxygen atoms in total. The molecule has 0 bridgehead atoms. The monoisotopic (exact) mass is 387 g/mol. The topological polar surface area (TPSA) is 104 Å². The summed E-state index contributed by atoms with van der Waals surface area (Å²) in [5, 5.41) is 18.5. The molecule has 0 heterocycles. The molecule has 0 radical (unpaired) electrons. The van der Waals surface area contributed by atoms with Gasteiger partial charge in [-0.2, -0.15) is 0 Å². The molecule has 134 valence electrons. The average Bonchev–Trinajstić information content (AvgIpc) is 2.46. The highest BCUT2D eigenvalue weighted by Crippen LogP contribution is 2.34. The minimum atomic E-state index is -4.26. The van der Waals surface area contributed by atoms with Crippen molar-refractivity contribution < 1.29 is 27.8 Å². The van der Waals surface area contributed by atoms with Gasteiger partial charge < -0.3 is 10.2 Å². The van der Waals surface area contributed by atoms with Crippen molar-refractivity contribution in [1.82, 2.24) is 0 Å². The van der Waals surface area contributed by atoms with Gasteiger partial charge in [0.1, 0.15) is 10.7 Å². The van der Waals surface area contributed by atoms with E-state index < -0.39 is 32.5 Å². The van der Waals surface area contributed by atoms with E-state index in [-0.39, 0.29) is 23.6 Å². The maximum Gasteiger partial charge on any atom is 0.303 e. The van der Waals surface area contributed by atoms with Gasteiger partial charge in [0, 0.05) is 6.42 Å². The molecule has 9 heteroatoms. The number of aromatic hydroxyl groups is 1. The fraction of sp³-hybridized carbons (Fsp3) is 0.188. The number of carboxylic acids is 1. The number of phenolic OH excluding ortho intramolecular Hbond substituents is 1. The molecule has 2 rings (SSSR count). The zero-order chi connectivity index (χ0) is 18.8. The molecule has 0 aliphatic carbocycles. The van der Waals surface area contributed by atoms with Crippen molar-refractivity contribution in [2.45, 2.75) is 24.7 Å². The summed E-state index contributed by atoms with van der Waals surface area (Å²) in [5.74, 6) is -2.33. The van der Waals surface area contributed by atoms with Crippen LogP contribution in [0.25, 0.3) is 0 Å². The zero-order valence-electron chi connectivity index (χ0n) is 13.1. The third-order valence-electron chi connectivity index (χ3n) is 3.30. The lowest BCUT2D eigenvalue weighted by Crippen LogP contribution is -2.14. The quantitative estimate of drug-likeness (QED) is 0.705. The number of hydrogen-bond acceptors (Lipinski definition) is 4. The van der Waals surface area contributed by atoms with Gasteiger partial charge in [-0.05, 0) is 54.8 Å². The Bertz CT molecular complexity index is 910. The van der Waals surface area contributed by atoms with E-state index in [9.17, 15) is 22.7 Å². The molecule has 0 spiro atoms. The molecular formula is C16H15ClFNO5S. The second-order valence-corrected chi connectivity index (χ2v) is 7.50. The molecule has 25 heavy (non-hydrogen) atoms. The highest BCUT2D eigenvalue weighted by atomic mass is 35.5. The molecule has 3 N–H and O–H groups in total. The fourth-order valence-corrected chi connectivity index (χ4v) is 3.74. The molecule has 0 aliphatic rings. The van der Waals surface area contributed by atoms with Crippen LogP contribution >= 0.6 is 11.6 Å². The first-order chi connectivity index (χ1) is 11.6. The van der Waals surface area contributed by atoms with Crippen LogP contribution in [0.1, 0.15) is 17.5 Å². The maximum absolute atomic E-state index is 13.4. The van der Waals surface area contributed by atoms with Gasteiger partial charge in [-0.25, -0.2) is 12.8 Å². The molecule has 2 aromatic rings. The van der Waals surface area contributed by atoms with Gasteiger partial charge in [0.2, 0.25) is 0 Å². The highest BCUT2D eigenvalue weighted by Gasteiger charge is 2.22. The van der Waals surface area contributed by atoms with Crippen molar-refractivity contribution in [3.8, 4) is 5.75 Å². The summed E-state index contributed by atoms with van der Waals surface area (Å²) in [7, 11) is -4.26. The third-order valence-corrected chi connectivity index (χ3v) is 4.98. The summed E-state index contributed by atoms with van der Waals surface area (Å²) >= 11 is 5.84. The first-order valence-corrected chi connectivity index (χ1v) is 8.98. The summed E-state index contributed by atoms with van der Waals surface area (Å²) in [4.78, 5) is 10.2. The number of phenols is 1. The first kappa shape index (κ1) is 19.0. The van der Waals surface area contributed by atoms with E-state index in [1.54, 1.807) is 6.92 Å². The summed E-state index contributed by atoms with van der Waals surface area (Å²) < 4.78 is 40.6. The number of rotatable bonds is 6. The Morgan fingerprint density at radius 1 is 1.24 bits per heavy atom. The van der Waals surface area contributed by atoms with Crippen LogP contribution in [-0.2, 0) is 21.2 Å². The SMILES string of the molecule is Cc1cc(F)cc(NS(=O)(=O)c2cc(CCC(=O)O)cc(Cl)c2O)c1. The Kier molecular flexibility index (Phi) is 5.54. The lowest BCUT2D eigenvalue weighted by molar-refractivity contribution is -0.136. The zero-order valence-corrected chi connectivity index (χ0v) is 14.7. The van der Waals surface area contributed by atoms with E-state index >= 15 is 0 Å². The van der Waals surface area contributed by atoms with Crippen LogP contribution in [0.4, 0.5) is 10.1 Å². The lowest BCUT2D eigenvalue weighted by Gasteiger charge is -2.13. The third kappa shape index (κ3) is 4.83. The molecule has 0 saturated heterocycles. The maximum atomic E-state index is 13.4. The number of carbonyl (C=O) groups is 1.